The molecule has 0 saturated heterocycles. The smallest absolute Gasteiger partial charge is 0.234 e. The molecular formula is C16H15Cl2N5. The summed E-state index contributed by atoms with van der Waals surface area (Å²) in [6.45, 7) is 1.83. The van der Waals surface area contributed by atoms with E-state index in [9.17, 15) is 0 Å². The molecule has 0 saturated carbocycles. The van der Waals surface area contributed by atoms with E-state index in [0.29, 0.717) is 15.8 Å². The summed E-state index contributed by atoms with van der Waals surface area (Å²) in [6, 6.07) is 14.5. The zero-order chi connectivity index (χ0) is 16.7. The minimum absolute atomic E-state index is 0.0866. The van der Waals surface area contributed by atoms with E-state index in [4.69, 9.17) is 28.9 Å². The van der Waals surface area contributed by atoms with E-state index in [0.717, 1.165) is 11.1 Å². The van der Waals surface area contributed by atoms with Crippen molar-refractivity contribution < 1.29 is 0 Å². The quantitative estimate of drug-likeness (QED) is 0.503. The highest BCUT2D eigenvalue weighted by atomic mass is 35.5. The largest absolute Gasteiger partial charge is 0.367 e. The van der Waals surface area contributed by atoms with Gasteiger partial charge in [0.2, 0.25) is 5.96 Å². The third-order valence-corrected chi connectivity index (χ3v) is 3.34. The van der Waals surface area contributed by atoms with Crippen molar-refractivity contribution >= 4 is 41.1 Å². The van der Waals surface area contributed by atoms with Crippen LogP contribution >= 0.6 is 23.2 Å². The lowest BCUT2D eigenvalue weighted by molar-refractivity contribution is 0.992. The minimum Gasteiger partial charge on any atom is -0.367 e. The van der Waals surface area contributed by atoms with Gasteiger partial charge in [0.1, 0.15) is 0 Å². The predicted octanol–water partition coefficient (Wildman–Crippen LogP) is 3.66. The van der Waals surface area contributed by atoms with Crippen LogP contribution in [0.15, 0.2) is 63.8 Å². The average molecular weight is 348 g/mol. The first kappa shape index (κ1) is 17.0. The molecular weight excluding hydrogens is 333 g/mol. The van der Waals surface area contributed by atoms with Crippen molar-refractivity contribution in [3.05, 3.63) is 69.7 Å². The highest BCUT2D eigenvalue weighted by molar-refractivity contribution is 6.31. The highest BCUT2D eigenvalue weighted by Gasteiger charge is 1.97. The minimum atomic E-state index is 0.0866. The molecule has 5 nitrogen and oxygen atoms in total. The van der Waals surface area contributed by atoms with E-state index in [1.165, 1.54) is 0 Å². The Morgan fingerprint density at radius 3 is 2.13 bits per heavy atom. The fourth-order valence-electron chi connectivity index (χ4n) is 1.62. The van der Waals surface area contributed by atoms with Crippen LogP contribution < -0.4 is 11.2 Å². The molecule has 0 aromatic heterocycles. The Labute approximate surface area is 144 Å². The topological polar surface area (TPSA) is 75.1 Å². The summed E-state index contributed by atoms with van der Waals surface area (Å²) in [6.07, 6.45) is 1.61. The van der Waals surface area contributed by atoms with Crippen LogP contribution in [-0.4, -0.2) is 17.9 Å². The molecule has 0 radical (unpaired) electrons. The summed E-state index contributed by atoms with van der Waals surface area (Å²) in [5.41, 5.74) is 10.8. The molecule has 118 valence electrons. The van der Waals surface area contributed by atoms with Gasteiger partial charge in [-0.2, -0.15) is 10.2 Å². The SMILES string of the molecule is CC(=NN=C(N)NN=Cc1ccc(Cl)cc1)c1ccc(Cl)cc1. The van der Waals surface area contributed by atoms with Gasteiger partial charge in [-0.1, -0.05) is 47.5 Å². The van der Waals surface area contributed by atoms with Crippen LogP contribution in [0, 0.1) is 0 Å². The van der Waals surface area contributed by atoms with Crippen LogP contribution in [0.3, 0.4) is 0 Å². The molecule has 0 aliphatic carbocycles. The fraction of sp³-hybridized carbons (Fsp3) is 0.0625. The Bertz CT molecular complexity index is 734. The highest BCUT2D eigenvalue weighted by Crippen LogP contribution is 2.10. The maximum Gasteiger partial charge on any atom is 0.234 e. The van der Waals surface area contributed by atoms with Crippen molar-refractivity contribution in [1.82, 2.24) is 5.43 Å². The zero-order valence-electron chi connectivity index (χ0n) is 12.4. The molecule has 0 aliphatic rings. The molecule has 0 atom stereocenters. The second-order valence-electron chi connectivity index (χ2n) is 4.60. The van der Waals surface area contributed by atoms with Crippen molar-refractivity contribution in [1.29, 1.82) is 0 Å². The lowest BCUT2D eigenvalue weighted by Crippen LogP contribution is -2.26. The molecule has 2 rings (SSSR count). The number of hydrogen-bond donors (Lipinski definition) is 2. The summed E-state index contributed by atoms with van der Waals surface area (Å²) in [7, 11) is 0. The number of nitrogens with two attached hydrogens (primary N) is 1. The second-order valence-corrected chi connectivity index (χ2v) is 5.47. The fourth-order valence-corrected chi connectivity index (χ4v) is 1.87. The van der Waals surface area contributed by atoms with Crippen molar-refractivity contribution in [2.24, 2.45) is 21.0 Å². The average Bonchev–Trinajstić information content (AvgIpc) is 2.55. The van der Waals surface area contributed by atoms with Crippen LogP contribution in [0.25, 0.3) is 0 Å². The van der Waals surface area contributed by atoms with E-state index in [-0.39, 0.29) is 5.96 Å². The number of hydrogen-bond acceptors (Lipinski definition) is 3. The number of nitrogens with zero attached hydrogens (tertiary/aromatic N) is 3. The Hall–Kier alpha value is -2.37. The standard InChI is InChI=1S/C16H15Cl2N5/c1-11(13-4-8-15(18)9-5-13)21-23-16(19)22-20-10-12-2-6-14(17)7-3-12/h2-10H,1H3,(H3,19,22,23). The molecule has 0 aliphatic heterocycles. The van der Waals surface area contributed by atoms with Crippen molar-refractivity contribution in [3.8, 4) is 0 Å². The number of halogens is 2. The molecule has 0 fully saturated rings. The first-order valence-corrected chi connectivity index (χ1v) is 7.48. The first-order valence-electron chi connectivity index (χ1n) is 6.73. The van der Waals surface area contributed by atoms with Crippen LogP contribution in [0.4, 0.5) is 0 Å². The Morgan fingerprint density at radius 1 is 0.957 bits per heavy atom. The summed E-state index contributed by atoms with van der Waals surface area (Å²) in [5, 5.41) is 13.2. The zero-order valence-corrected chi connectivity index (χ0v) is 13.9. The summed E-state index contributed by atoms with van der Waals surface area (Å²) in [4.78, 5) is 0. The van der Waals surface area contributed by atoms with Gasteiger partial charge in [0.05, 0.1) is 11.9 Å². The Balaban J connectivity index is 1.95. The van der Waals surface area contributed by atoms with Crippen LogP contribution in [0.2, 0.25) is 10.0 Å². The molecule has 0 amide bonds. The van der Waals surface area contributed by atoms with Crippen LogP contribution in [0.1, 0.15) is 18.1 Å². The summed E-state index contributed by atoms with van der Waals surface area (Å²) >= 11 is 11.6. The number of guanidine groups is 1. The van der Waals surface area contributed by atoms with Gasteiger partial charge in [-0.05, 0) is 42.3 Å². The van der Waals surface area contributed by atoms with E-state index in [2.05, 4.69) is 20.7 Å². The number of rotatable bonds is 4. The number of benzene rings is 2. The van der Waals surface area contributed by atoms with Gasteiger partial charge >= 0.3 is 0 Å². The lowest BCUT2D eigenvalue weighted by atomic mass is 10.1. The van der Waals surface area contributed by atoms with E-state index in [1.54, 1.807) is 30.5 Å². The van der Waals surface area contributed by atoms with Gasteiger partial charge in [0.15, 0.2) is 0 Å². The molecule has 3 N–H and O–H groups in total. The van der Waals surface area contributed by atoms with Crippen molar-refractivity contribution in [2.75, 3.05) is 0 Å². The number of hydrazone groups is 1. The second kappa shape index (κ2) is 8.31. The molecule has 0 heterocycles. The molecule has 0 bridgehead atoms. The third-order valence-electron chi connectivity index (χ3n) is 2.83. The normalized spacial score (nSPS) is 12.7. The Morgan fingerprint density at radius 2 is 1.52 bits per heavy atom. The van der Waals surface area contributed by atoms with Gasteiger partial charge in [0.25, 0.3) is 0 Å². The van der Waals surface area contributed by atoms with Crippen molar-refractivity contribution in [3.63, 3.8) is 0 Å². The van der Waals surface area contributed by atoms with E-state index in [1.807, 2.05) is 31.2 Å². The van der Waals surface area contributed by atoms with Gasteiger partial charge in [-0.3, -0.25) is 0 Å². The van der Waals surface area contributed by atoms with Crippen LogP contribution in [-0.2, 0) is 0 Å². The first-order chi connectivity index (χ1) is 11.0. The maximum atomic E-state index is 5.84. The number of nitrogens with one attached hydrogen (secondary N) is 1. The predicted molar refractivity (Wildman–Crippen MR) is 97.5 cm³/mol. The van der Waals surface area contributed by atoms with Gasteiger partial charge in [-0.15, -0.1) is 5.10 Å². The molecule has 0 unspecified atom stereocenters. The molecule has 2 aromatic carbocycles. The van der Waals surface area contributed by atoms with E-state index >= 15 is 0 Å². The van der Waals surface area contributed by atoms with E-state index < -0.39 is 0 Å². The van der Waals surface area contributed by atoms with Gasteiger partial charge in [0, 0.05) is 10.0 Å². The van der Waals surface area contributed by atoms with Gasteiger partial charge < -0.3 is 5.73 Å². The Kier molecular flexibility index (Phi) is 6.14. The summed E-state index contributed by atoms with van der Waals surface area (Å²) in [5.74, 6) is 0.0866. The van der Waals surface area contributed by atoms with Crippen LogP contribution in [0.5, 0.6) is 0 Å². The van der Waals surface area contributed by atoms with Crippen molar-refractivity contribution in [2.45, 2.75) is 6.92 Å². The monoisotopic (exact) mass is 347 g/mol. The lowest BCUT2D eigenvalue weighted by Gasteiger charge is -2.00. The molecule has 2 aromatic rings. The molecule has 23 heavy (non-hydrogen) atoms. The van der Waals surface area contributed by atoms with Gasteiger partial charge in [-0.25, -0.2) is 5.43 Å². The maximum absolute atomic E-state index is 5.84. The third kappa shape index (κ3) is 5.73. The molecule has 0 spiro atoms. The summed E-state index contributed by atoms with van der Waals surface area (Å²) < 4.78 is 0. The molecule has 7 heteroatoms.